The molecular weight excluding hydrogens is 516 g/mol. The van der Waals surface area contributed by atoms with Crippen LogP contribution >= 0.6 is 0 Å². The Balaban J connectivity index is 1.52. The average Bonchev–Trinajstić information content (AvgIpc) is 3.46. The van der Waals surface area contributed by atoms with Gasteiger partial charge in [-0.2, -0.15) is 0 Å². The van der Waals surface area contributed by atoms with Gasteiger partial charge in [0.05, 0.1) is 6.04 Å². The molecule has 1 saturated heterocycles. The van der Waals surface area contributed by atoms with Crippen molar-refractivity contribution in [2.75, 3.05) is 0 Å². The van der Waals surface area contributed by atoms with E-state index in [0.717, 1.165) is 30.1 Å². The van der Waals surface area contributed by atoms with E-state index in [-0.39, 0.29) is 62.1 Å². The molecule has 8 nitrogen and oxygen atoms in total. The molecule has 1 saturated carbocycles. The van der Waals surface area contributed by atoms with Gasteiger partial charge in [-0.1, -0.05) is 44.2 Å². The van der Waals surface area contributed by atoms with E-state index in [1.807, 2.05) is 44.2 Å². The predicted octanol–water partition coefficient (Wildman–Crippen LogP) is 5.23. The normalized spacial score (nSPS) is 23.9. The lowest BCUT2D eigenvalue weighted by Gasteiger charge is -2.42. The number of nitrogens with one attached hydrogen (secondary N) is 1. The third-order valence-electron chi connectivity index (χ3n) is 8.75. The Morgan fingerprint density at radius 1 is 1.10 bits per heavy atom. The van der Waals surface area contributed by atoms with E-state index in [1.165, 1.54) is 0 Å². The number of carbonyl (C=O) groups is 1. The summed E-state index contributed by atoms with van der Waals surface area (Å²) in [7, 11) is 0. The molecule has 1 amide bonds. The molecule has 2 aromatic rings. The van der Waals surface area contributed by atoms with Crippen molar-refractivity contribution >= 4 is 5.91 Å². The Bertz CT molecular complexity index is 1130. The molecule has 3 N–H and O–H groups in total. The number of benzene rings is 1. The fraction of sp³-hybridized carbons (Fsp3) is 0.700. The minimum Gasteiger partial charge on any atom is -0.353 e. The third kappa shape index (κ3) is 6.89. The highest BCUT2D eigenvalue weighted by atomic mass is 19.3. The summed E-state index contributed by atoms with van der Waals surface area (Å²) in [6.07, 6.45) is 1.79. The molecular formula is C30H45F2N5O3. The summed E-state index contributed by atoms with van der Waals surface area (Å²) in [5.41, 5.74) is 0.739. The molecule has 2 aliphatic rings. The van der Waals surface area contributed by atoms with E-state index in [0.29, 0.717) is 6.42 Å². The summed E-state index contributed by atoms with van der Waals surface area (Å²) < 4.78 is 29.5. The number of hydrogen-bond acceptors (Lipinski definition) is 6. The maximum atomic E-state index is 13.7. The molecule has 222 valence electrons. The van der Waals surface area contributed by atoms with Gasteiger partial charge in [-0.3, -0.25) is 4.79 Å². The molecule has 4 unspecified atom stereocenters. The average molecular weight is 562 g/mol. The summed E-state index contributed by atoms with van der Waals surface area (Å²) in [6, 6.07) is 8.39. The topological polar surface area (TPSA) is 104 Å². The van der Waals surface area contributed by atoms with Crippen LogP contribution in [0.4, 0.5) is 8.78 Å². The van der Waals surface area contributed by atoms with E-state index < -0.39 is 23.8 Å². The molecule has 0 spiro atoms. The number of aryl methyl sites for hydroxylation is 1. The molecule has 0 bridgehead atoms. The fourth-order valence-electron chi connectivity index (χ4n) is 6.68. The van der Waals surface area contributed by atoms with Crippen molar-refractivity contribution in [2.45, 2.75) is 128 Å². The molecule has 4 atom stereocenters. The van der Waals surface area contributed by atoms with Crippen LogP contribution in [-0.2, 0) is 4.79 Å². The third-order valence-corrected chi connectivity index (χ3v) is 8.75. The first-order chi connectivity index (χ1) is 18.8. The van der Waals surface area contributed by atoms with E-state index in [4.69, 9.17) is 0 Å². The number of alkyl halides is 2. The molecule has 10 heteroatoms. The van der Waals surface area contributed by atoms with Crippen molar-refractivity contribution in [1.82, 2.24) is 25.0 Å². The number of rotatable bonds is 10. The van der Waals surface area contributed by atoms with Crippen molar-refractivity contribution in [1.29, 1.82) is 0 Å². The first-order valence-electron chi connectivity index (χ1n) is 14.7. The molecule has 1 aromatic carbocycles. The Morgan fingerprint density at radius 2 is 1.75 bits per heavy atom. The van der Waals surface area contributed by atoms with Crippen LogP contribution in [0, 0.1) is 12.8 Å². The van der Waals surface area contributed by atoms with Gasteiger partial charge < -0.3 is 20.1 Å². The highest BCUT2D eigenvalue weighted by Gasteiger charge is 2.46. The van der Waals surface area contributed by atoms with Gasteiger partial charge in [0.1, 0.15) is 11.6 Å². The van der Waals surface area contributed by atoms with Gasteiger partial charge in [0, 0.05) is 49.2 Å². The molecule has 40 heavy (non-hydrogen) atoms. The first-order valence-corrected chi connectivity index (χ1v) is 14.7. The minimum absolute atomic E-state index is 0.0510. The number of carbonyl (C=O) groups excluding carboxylic acids is 1. The smallest absolute Gasteiger partial charge is 0.248 e. The Hall–Kier alpha value is -2.43. The monoisotopic (exact) mass is 561 g/mol. The van der Waals surface area contributed by atoms with Gasteiger partial charge in [0.25, 0.3) is 0 Å². The SMILES string of the molecule is Cc1nnc(C(C)C)n1C(C)CC1CCC(C)N1C(O)(O)CC(NC(=O)C1CCC(F)(F)CC1)c1ccccc1. The van der Waals surface area contributed by atoms with Crippen LogP contribution in [0.5, 0.6) is 0 Å². The van der Waals surface area contributed by atoms with E-state index in [2.05, 4.69) is 40.9 Å². The van der Waals surface area contributed by atoms with Crippen molar-refractivity contribution in [3.63, 3.8) is 0 Å². The number of likely N-dealkylation sites (tertiary alicyclic amines) is 1. The summed E-state index contributed by atoms with van der Waals surface area (Å²) >= 11 is 0. The zero-order valence-electron chi connectivity index (χ0n) is 24.4. The zero-order chi connectivity index (χ0) is 29.2. The first kappa shape index (κ1) is 30.5. The molecule has 4 rings (SSSR count). The van der Waals surface area contributed by atoms with Crippen LogP contribution in [0.15, 0.2) is 30.3 Å². The number of halogens is 2. The Labute approximate surface area is 236 Å². The second kappa shape index (κ2) is 12.2. The van der Waals surface area contributed by atoms with Gasteiger partial charge in [-0.05, 0) is 58.4 Å². The minimum atomic E-state index is -2.72. The van der Waals surface area contributed by atoms with E-state index in [1.54, 1.807) is 4.90 Å². The lowest BCUT2D eigenvalue weighted by atomic mass is 9.85. The predicted molar refractivity (Wildman–Crippen MR) is 149 cm³/mol. The maximum Gasteiger partial charge on any atom is 0.248 e. The van der Waals surface area contributed by atoms with Crippen LogP contribution < -0.4 is 5.32 Å². The van der Waals surface area contributed by atoms with Gasteiger partial charge in [-0.15, -0.1) is 10.2 Å². The van der Waals surface area contributed by atoms with Gasteiger partial charge >= 0.3 is 0 Å². The standard InChI is InChI=1S/C30H45F2N5O3/c1-19(2)27-35-34-22(5)36(27)21(4)17-25-12-11-20(3)37(25)30(39,40)18-26(23-9-7-6-8-10-23)33-28(38)24-13-15-29(31,32)16-14-24/h6-10,19-21,24-26,39-40H,11-18H2,1-5H3,(H,33,38). The summed E-state index contributed by atoms with van der Waals surface area (Å²) in [5.74, 6) is -3.79. The highest BCUT2D eigenvalue weighted by molar-refractivity contribution is 5.79. The molecule has 1 aliphatic heterocycles. The van der Waals surface area contributed by atoms with Gasteiger partial charge in [0.2, 0.25) is 17.7 Å². The zero-order valence-corrected chi connectivity index (χ0v) is 24.4. The van der Waals surface area contributed by atoms with Gasteiger partial charge in [-0.25, -0.2) is 13.7 Å². The molecule has 1 aromatic heterocycles. The number of aromatic nitrogens is 3. The lowest BCUT2D eigenvalue weighted by molar-refractivity contribution is -0.284. The number of amides is 1. The molecule has 1 aliphatic carbocycles. The van der Waals surface area contributed by atoms with Crippen molar-refractivity contribution in [3.05, 3.63) is 47.5 Å². The largest absolute Gasteiger partial charge is 0.353 e. The summed E-state index contributed by atoms with van der Waals surface area (Å²) in [6.45, 7) is 10.2. The molecule has 0 radical (unpaired) electrons. The van der Waals surface area contributed by atoms with Gasteiger partial charge in [0.15, 0.2) is 0 Å². The van der Waals surface area contributed by atoms with Crippen molar-refractivity contribution in [3.8, 4) is 0 Å². The number of nitrogens with zero attached hydrogens (tertiary/aromatic N) is 4. The summed E-state index contributed by atoms with van der Waals surface area (Å²) in [5, 5.41) is 34.9. The van der Waals surface area contributed by atoms with Crippen LogP contribution in [0.1, 0.15) is 114 Å². The number of aliphatic hydroxyl groups is 2. The van der Waals surface area contributed by atoms with Crippen LogP contribution in [0.3, 0.4) is 0 Å². The van der Waals surface area contributed by atoms with E-state index >= 15 is 0 Å². The lowest BCUT2D eigenvalue weighted by Crippen LogP contribution is -2.56. The molecule has 2 heterocycles. The van der Waals surface area contributed by atoms with Crippen LogP contribution in [0.25, 0.3) is 0 Å². The second-order valence-corrected chi connectivity index (χ2v) is 12.3. The van der Waals surface area contributed by atoms with E-state index in [9.17, 15) is 23.8 Å². The van der Waals surface area contributed by atoms with Crippen LogP contribution in [-0.4, -0.2) is 59.7 Å². The second-order valence-electron chi connectivity index (χ2n) is 12.3. The Morgan fingerprint density at radius 3 is 2.38 bits per heavy atom. The van der Waals surface area contributed by atoms with Crippen molar-refractivity contribution < 1.29 is 23.8 Å². The Kier molecular flexibility index (Phi) is 9.31. The number of hydrogen-bond donors (Lipinski definition) is 3. The fourth-order valence-corrected chi connectivity index (χ4v) is 6.68. The summed E-state index contributed by atoms with van der Waals surface area (Å²) in [4.78, 5) is 15.0. The van der Waals surface area contributed by atoms with Crippen LogP contribution in [0.2, 0.25) is 0 Å². The quantitative estimate of drug-likeness (QED) is 0.344. The highest BCUT2D eigenvalue weighted by Crippen LogP contribution is 2.39. The maximum absolute atomic E-state index is 13.7. The van der Waals surface area contributed by atoms with Crippen molar-refractivity contribution in [2.24, 2.45) is 5.92 Å². The molecule has 2 fully saturated rings.